The third-order valence-corrected chi connectivity index (χ3v) is 3.92. The zero-order valence-electron chi connectivity index (χ0n) is 8.20. The van der Waals surface area contributed by atoms with E-state index in [4.69, 9.17) is 5.73 Å². The first-order valence-corrected chi connectivity index (χ1v) is 5.95. The number of thioether (sulfide) groups is 1. The van der Waals surface area contributed by atoms with Crippen molar-refractivity contribution in [2.24, 2.45) is 0 Å². The first kappa shape index (κ1) is 10.5. The smallest absolute Gasteiger partial charge is 0.177 e. The lowest BCUT2D eigenvalue weighted by Gasteiger charge is -2.09. The molecule has 1 atom stereocenters. The van der Waals surface area contributed by atoms with Crippen molar-refractivity contribution < 1.29 is 9.18 Å². The normalized spacial score (nSPS) is 20.5. The van der Waals surface area contributed by atoms with E-state index in [1.807, 2.05) is 0 Å². The van der Waals surface area contributed by atoms with Gasteiger partial charge in [0.15, 0.2) is 5.78 Å². The Labute approximate surface area is 92.0 Å². The summed E-state index contributed by atoms with van der Waals surface area (Å²) in [6.45, 7) is 0. The lowest BCUT2D eigenvalue weighted by Crippen LogP contribution is -2.16. The molecule has 1 aliphatic heterocycles. The molecule has 0 saturated carbocycles. The second-order valence-electron chi connectivity index (χ2n) is 3.57. The van der Waals surface area contributed by atoms with Gasteiger partial charge in [-0.2, -0.15) is 11.8 Å². The van der Waals surface area contributed by atoms with E-state index in [0.717, 1.165) is 18.6 Å². The van der Waals surface area contributed by atoms with Crippen molar-refractivity contribution in [3.8, 4) is 0 Å². The number of halogens is 1. The van der Waals surface area contributed by atoms with Gasteiger partial charge in [-0.1, -0.05) is 6.07 Å². The van der Waals surface area contributed by atoms with Gasteiger partial charge < -0.3 is 5.73 Å². The Bertz CT molecular complexity index is 388. The number of carbonyl (C=O) groups excluding carboxylic acids is 1. The maximum absolute atomic E-state index is 13.1. The number of hydrogen-bond acceptors (Lipinski definition) is 3. The average molecular weight is 225 g/mol. The fraction of sp³-hybridized carbons (Fsp3) is 0.364. The molecule has 0 spiro atoms. The van der Waals surface area contributed by atoms with Crippen LogP contribution >= 0.6 is 11.8 Å². The molecule has 0 amide bonds. The molecule has 1 aromatic carbocycles. The van der Waals surface area contributed by atoms with Crippen LogP contribution in [-0.2, 0) is 0 Å². The van der Waals surface area contributed by atoms with Gasteiger partial charge in [0.05, 0.1) is 10.9 Å². The van der Waals surface area contributed by atoms with Crippen LogP contribution in [0.15, 0.2) is 18.2 Å². The minimum absolute atomic E-state index is 0.0185. The summed E-state index contributed by atoms with van der Waals surface area (Å²) in [5.74, 6) is 0.462. The molecule has 1 aromatic rings. The van der Waals surface area contributed by atoms with Crippen molar-refractivity contribution in [1.29, 1.82) is 0 Å². The van der Waals surface area contributed by atoms with Gasteiger partial charge in [-0.3, -0.25) is 4.79 Å². The molecule has 15 heavy (non-hydrogen) atoms. The van der Waals surface area contributed by atoms with E-state index in [-0.39, 0.29) is 16.7 Å². The van der Waals surface area contributed by atoms with Crippen molar-refractivity contribution >= 4 is 23.2 Å². The Morgan fingerprint density at radius 3 is 3.00 bits per heavy atom. The summed E-state index contributed by atoms with van der Waals surface area (Å²) in [4.78, 5) is 12.0. The number of nitrogens with two attached hydrogens (primary N) is 1. The molecule has 0 bridgehead atoms. The fourth-order valence-electron chi connectivity index (χ4n) is 1.71. The molecule has 1 unspecified atom stereocenters. The summed E-state index contributed by atoms with van der Waals surface area (Å²) in [7, 11) is 0. The number of benzene rings is 1. The van der Waals surface area contributed by atoms with Crippen LogP contribution in [0.5, 0.6) is 0 Å². The predicted molar refractivity (Wildman–Crippen MR) is 60.6 cm³/mol. The average Bonchev–Trinajstić information content (AvgIpc) is 2.74. The monoisotopic (exact) mass is 225 g/mol. The molecule has 80 valence electrons. The number of hydrogen-bond donors (Lipinski definition) is 1. The number of para-hydroxylation sites is 1. The quantitative estimate of drug-likeness (QED) is 0.621. The molecule has 1 fully saturated rings. The Kier molecular flexibility index (Phi) is 2.95. The Morgan fingerprint density at radius 2 is 2.33 bits per heavy atom. The van der Waals surface area contributed by atoms with Crippen LogP contribution in [0, 0.1) is 5.82 Å². The van der Waals surface area contributed by atoms with Gasteiger partial charge >= 0.3 is 0 Å². The highest BCUT2D eigenvalue weighted by Crippen LogP contribution is 2.30. The van der Waals surface area contributed by atoms with Crippen LogP contribution in [0.2, 0.25) is 0 Å². The molecule has 1 heterocycles. The van der Waals surface area contributed by atoms with Crippen LogP contribution in [0.1, 0.15) is 23.2 Å². The maximum Gasteiger partial charge on any atom is 0.177 e. The zero-order chi connectivity index (χ0) is 10.8. The summed E-state index contributed by atoms with van der Waals surface area (Å²) >= 11 is 1.63. The van der Waals surface area contributed by atoms with Crippen molar-refractivity contribution in [2.45, 2.75) is 18.1 Å². The van der Waals surface area contributed by atoms with E-state index in [1.54, 1.807) is 17.8 Å². The largest absolute Gasteiger partial charge is 0.396 e. The Morgan fingerprint density at radius 1 is 1.53 bits per heavy atom. The number of carbonyl (C=O) groups is 1. The topological polar surface area (TPSA) is 43.1 Å². The number of rotatable bonds is 2. The summed E-state index contributed by atoms with van der Waals surface area (Å²) in [6.07, 6.45) is 1.93. The van der Waals surface area contributed by atoms with E-state index in [9.17, 15) is 9.18 Å². The van der Waals surface area contributed by atoms with Crippen LogP contribution in [0.25, 0.3) is 0 Å². The van der Waals surface area contributed by atoms with E-state index < -0.39 is 5.82 Å². The van der Waals surface area contributed by atoms with Gasteiger partial charge in [0.2, 0.25) is 0 Å². The second kappa shape index (κ2) is 4.23. The minimum Gasteiger partial charge on any atom is -0.396 e. The number of anilines is 1. The summed E-state index contributed by atoms with van der Waals surface area (Å²) < 4.78 is 13.1. The molecule has 1 aliphatic rings. The molecule has 0 aliphatic carbocycles. The highest BCUT2D eigenvalue weighted by atomic mass is 32.2. The van der Waals surface area contributed by atoms with Crippen LogP contribution in [0.4, 0.5) is 10.1 Å². The fourth-order valence-corrected chi connectivity index (χ4v) is 2.94. The lowest BCUT2D eigenvalue weighted by molar-refractivity contribution is 0.0989. The standard InChI is InChI=1S/C11H12FNOS/c12-8-4-1-3-7(10(8)13)11(14)9-5-2-6-15-9/h1,3-4,9H,2,5-6,13H2. The SMILES string of the molecule is Nc1c(F)cccc1C(=O)C1CCCS1. The van der Waals surface area contributed by atoms with Crippen LogP contribution in [-0.4, -0.2) is 16.8 Å². The van der Waals surface area contributed by atoms with Crippen molar-refractivity contribution in [2.75, 3.05) is 11.5 Å². The van der Waals surface area contributed by atoms with E-state index in [1.165, 1.54) is 12.1 Å². The molecule has 2 nitrogen and oxygen atoms in total. The summed E-state index contributed by atoms with van der Waals surface area (Å²) in [5, 5.41) is -0.0332. The molecular weight excluding hydrogens is 213 g/mol. The molecule has 2 N–H and O–H groups in total. The molecule has 4 heteroatoms. The van der Waals surface area contributed by atoms with Crippen molar-refractivity contribution in [3.63, 3.8) is 0 Å². The second-order valence-corrected chi connectivity index (χ2v) is 4.88. The number of Topliss-reactive ketones (excluding diaryl/α,β-unsaturated/α-hetero) is 1. The Balaban J connectivity index is 2.28. The van der Waals surface area contributed by atoms with E-state index in [2.05, 4.69) is 0 Å². The molecule has 0 radical (unpaired) electrons. The highest BCUT2D eigenvalue weighted by Gasteiger charge is 2.26. The van der Waals surface area contributed by atoms with Gasteiger partial charge in [0.25, 0.3) is 0 Å². The number of ketones is 1. The summed E-state index contributed by atoms with van der Waals surface area (Å²) in [6, 6.07) is 4.39. The van der Waals surface area contributed by atoms with Crippen molar-refractivity contribution in [3.05, 3.63) is 29.6 Å². The van der Waals surface area contributed by atoms with E-state index in [0.29, 0.717) is 5.56 Å². The van der Waals surface area contributed by atoms with Crippen molar-refractivity contribution in [1.82, 2.24) is 0 Å². The lowest BCUT2D eigenvalue weighted by atomic mass is 10.0. The third kappa shape index (κ3) is 2.00. The maximum atomic E-state index is 13.1. The third-order valence-electron chi connectivity index (χ3n) is 2.54. The van der Waals surface area contributed by atoms with Crippen LogP contribution in [0.3, 0.4) is 0 Å². The summed E-state index contributed by atoms with van der Waals surface area (Å²) in [5.41, 5.74) is 5.86. The Hall–Kier alpha value is -1.03. The first-order valence-electron chi connectivity index (χ1n) is 4.90. The van der Waals surface area contributed by atoms with Gasteiger partial charge in [0, 0.05) is 5.56 Å². The minimum atomic E-state index is -0.510. The van der Waals surface area contributed by atoms with E-state index >= 15 is 0 Å². The zero-order valence-corrected chi connectivity index (χ0v) is 9.02. The first-order chi connectivity index (χ1) is 7.20. The molecule has 0 aromatic heterocycles. The van der Waals surface area contributed by atoms with Gasteiger partial charge in [-0.25, -0.2) is 4.39 Å². The molecule has 2 rings (SSSR count). The van der Waals surface area contributed by atoms with Gasteiger partial charge in [-0.05, 0) is 30.7 Å². The van der Waals surface area contributed by atoms with Gasteiger partial charge in [-0.15, -0.1) is 0 Å². The highest BCUT2D eigenvalue weighted by molar-refractivity contribution is 8.00. The van der Waals surface area contributed by atoms with Crippen LogP contribution < -0.4 is 5.73 Å². The molecule has 1 saturated heterocycles. The number of nitrogen functional groups attached to an aromatic ring is 1. The van der Waals surface area contributed by atoms with Gasteiger partial charge in [0.1, 0.15) is 5.82 Å². The molecular formula is C11H12FNOS. The predicted octanol–water partition coefficient (Wildman–Crippen LogP) is 2.49.